The van der Waals surface area contributed by atoms with Gasteiger partial charge in [-0.05, 0) is 13.8 Å². The zero-order chi connectivity index (χ0) is 37.3. The molecule has 3 heterocycles. The molecule has 0 aromatic heterocycles. The second-order valence-electron chi connectivity index (χ2n) is 11.0. The van der Waals surface area contributed by atoms with Crippen molar-refractivity contribution in [2.75, 3.05) is 106 Å². The number of hydrogen-bond donors (Lipinski definition) is 0. The lowest BCUT2D eigenvalue weighted by atomic mass is 10.3. The van der Waals surface area contributed by atoms with E-state index in [1.807, 2.05) is 55.4 Å². The van der Waals surface area contributed by atoms with Crippen molar-refractivity contribution in [3.63, 3.8) is 0 Å². The minimum absolute atomic E-state index is 0.0236. The fourth-order valence-corrected chi connectivity index (χ4v) is 5.28. The van der Waals surface area contributed by atoms with Crippen LogP contribution in [0.25, 0.3) is 0 Å². The molecule has 3 fully saturated rings. The summed E-state index contributed by atoms with van der Waals surface area (Å²) >= 11 is 0. The molecule has 0 saturated carbocycles. The monoisotopic (exact) mass is 687 g/mol. The molecule has 0 aromatic carbocycles. The number of ether oxygens (including phenoxy) is 1. The number of nitriles is 8. The van der Waals surface area contributed by atoms with E-state index in [1.54, 1.807) is 4.90 Å². The van der Waals surface area contributed by atoms with Crippen LogP contribution in [0.2, 0.25) is 0 Å². The molecule has 0 N–H and O–H groups in total. The lowest BCUT2D eigenvalue weighted by molar-refractivity contribution is -0.199. The number of rotatable bonds is 11. The number of terminal acetylenes is 1. The van der Waals surface area contributed by atoms with Gasteiger partial charge in [0, 0.05) is 6.61 Å². The molecule has 3 saturated heterocycles. The Hall–Kier alpha value is -4.99. The van der Waals surface area contributed by atoms with Crippen LogP contribution in [0.3, 0.4) is 0 Å². The third kappa shape index (κ3) is 14.2. The Morgan fingerprint density at radius 1 is 0.520 bits per heavy atom. The summed E-state index contributed by atoms with van der Waals surface area (Å²) < 4.78 is 19.4. The van der Waals surface area contributed by atoms with E-state index in [1.165, 1.54) is 9.80 Å². The molecule has 18 nitrogen and oxygen atoms in total. The third-order valence-electron chi connectivity index (χ3n) is 7.44. The van der Waals surface area contributed by atoms with Crippen molar-refractivity contribution in [3.05, 3.63) is 0 Å². The van der Waals surface area contributed by atoms with Crippen LogP contribution in [0, 0.1) is 103 Å². The van der Waals surface area contributed by atoms with Gasteiger partial charge in [0.2, 0.25) is 6.42 Å². The summed E-state index contributed by atoms with van der Waals surface area (Å²) in [5, 5.41) is 69.6. The first kappa shape index (κ1) is 43.0. The number of hydrogen-bond acceptors (Lipinski definition) is 18. The Bertz CT molecular complexity index is 1270. The predicted molar refractivity (Wildman–Crippen MR) is 173 cm³/mol. The van der Waals surface area contributed by atoms with Crippen molar-refractivity contribution in [1.82, 2.24) is 44.1 Å². The number of alkyl halides is 1. The fraction of sp³-hybridized carbons (Fsp3) is 0.677. The molecule has 1 atom stereocenters. The van der Waals surface area contributed by atoms with E-state index in [0.717, 1.165) is 0 Å². The summed E-state index contributed by atoms with van der Waals surface area (Å²) in [7, 11) is 0. The summed E-state index contributed by atoms with van der Waals surface area (Å²) in [4.78, 5) is 15.7. The van der Waals surface area contributed by atoms with Gasteiger partial charge in [0.15, 0.2) is 6.35 Å². The van der Waals surface area contributed by atoms with Gasteiger partial charge in [-0.3, -0.25) is 24.5 Å². The zero-order valence-corrected chi connectivity index (χ0v) is 28.5. The van der Waals surface area contributed by atoms with Gasteiger partial charge in [-0.2, -0.15) is 42.1 Å². The molecule has 0 bridgehead atoms. The largest absolute Gasteiger partial charge is 0.350 e. The summed E-state index contributed by atoms with van der Waals surface area (Å²) in [5.74, 6) is 2.36. The molecule has 3 aliphatic rings. The van der Waals surface area contributed by atoms with E-state index in [0.29, 0.717) is 59.6 Å². The topological polar surface area (TPSA) is 229 Å². The Morgan fingerprint density at radius 2 is 0.820 bits per heavy atom. The van der Waals surface area contributed by atoms with Crippen molar-refractivity contribution in [2.24, 2.45) is 0 Å². The van der Waals surface area contributed by atoms with Gasteiger partial charge in [0.1, 0.15) is 0 Å². The van der Waals surface area contributed by atoms with Crippen LogP contribution >= 0.6 is 0 Å². The van der Waals surface area contributed by atoms with Gasteiger partial charge in [0.25, 0.3) is 0 Å². The van der Waals surface area contributed by atoms with Crippen LogP contribution in [0.5, 0.6) is 0 Å². The van der Waals surface area contributed by atoms with E-state index in [9.17, 15) is 4.39 Å². The molecule has 1 unspecified atom stereocenters. The molecular formula is C31H42FN17O. The van der Waals surface area contributed by atoms with Crippen molar-refractivity contribution in [2.45, 2.75) is 32.8 Å². The summed E-state index contributed by atoms with van der Waals surface area (Å²) in [5.41, 5.74) is 0. The molecular weight excluding hydrogens is 645 g/mol. The van der Waals surface area contributed by atoms with E-state index >= 15 is 0 Å². The Morgan fingerprint density at radius 3 is 1.16 bits per heavy atom. The summed E-state index contributed by atoms with van der Waals surface area (Å²) in [6.45, 7) is 9.05. The third-order valence-corrected chi connectivity index (χ3v) is 7.44. The normalized spacial score (nSPS) is 20.6. The lowest BCUT2D eigenvalue weighted by Gasteiger charge is -2.45. The highest BCUT2D eigenvalue weighted by atomic mass is 19.1. The SMILES string of the molecule is C#CCN1CN(CC#N)CN(CC#N)C1F.CC1N(CC#N)CN(CC#N)CN1CC#N.CCOC1N(CC#N)CN(CC#N)CN1CC#N. The van der Waals surface area contributed by atoms with Crippen molar-refractivity contribution in [3.8, 4) is 60.9 Å². The van der Waals surface area contributed by atoms with Crippen molar-refractivity contribution >= 4 is 0 Å². The number of halogens is 1. The molecule has 19 heteroatoms. The fourth-order valence-electron chi connectivity index (χ4n) is 5.28. The van der Waals surface area contributed by atoms with E-state index in [-0.39, 0.29) is 58.5 Å². The number of nitrogens with zero attached hydrogens (tertiary/aromatic N) is 17. The highest BCUT2D eigenvalue weighted by molar-refractivity contribution is 4.93. The minimum Gasteiger partial charge on any atom is -0.350 e. The average molecular weight is 688 g/mol. The molecule has 0 spiro atoms. The first-order valence-corrected chi connectivity index (χ1v) is 15.5. The second-order valence-corrected chi connectivity index (χ2v) is 11.0. The molecule has 3 rings (SSSR count). The predicted octanol–water partition coefficient (Wildman–Crippen LogP) is -0.796. The summed E-state index contributed by atoms with van der Waals surface area (Å²) in [6, 6.07) is 16.4. The van der Waals surface area contributed by atoms with Gasteiger partial charge in [-0.25, -0.2) is 24.0 Å². The second kappa shape index (κ2) is 25.0. The minimum atomic E-state index is -1.36. The van der Waals surface area contributed by atoms with Gasteiger partial charge in [0.05, 0.1) is 154 Å². The van der Waals surface area contributed by atoms with Crippen molar-refractivity contribution < 1.29 is 9.13 Å². The maximum atomic E-state index is 13.8. The van der Waals surface area contributed by atoms with Gasteiger partial charge < -0.3 is 4.74 Å². The molecule has 50 heavy (non-hydrogen) atoms. The maximum absolute atomic E-state index is 13.8. The molecule has 0 amide bonds. The Balaban J connectivity index is 0.000000376. The zero-order valence-electron chi connectivity index (χ0n) is 28.5. The van der Waals surface area contributed by atoms with E-state index in [4.69, 9.17) is 53.3 Å². The highest BCUT2D eigenvalue weighted by Gasteiger charge is 2.34. The van der Waals surface area contributed by atoms with Crippen LogP contribution in [-0.2, 0) is 4.74 Å². The molecule has 0 radical (unpaired) electrons. The Kier molecular flexibility index (Phi) is 21.6. The lowest BCUT2D eigenvalue weighted by Crippen LogP contribution is -2.62. The smallest absolute Gasteiger partial charge is 0.213 e. The van der Waals surface area contributed by atoms with Crippen LogP contribution < -0.4 is 0 Å². The van der Waals surface area contributed by atoms with Crippen LogP contribution in [0.1, 0.15) is 13.8 Å². The van der Waals surface area contributed by atoms with Crippen molar-refractivity contribution in [1.29, 1.82) is 42.1 Å². The first-order valence-electron chi connectivity index (χ1n) is 15.5. The first-order chi connectivity index (χ1) is 24.2. The molecule has 264 valence electrons. The van der Waals surface area contributed by atoms with Crippen LogP contribution in [-0.4, -0.2) is 169 Å². The molecule has 0 aromatic rings. The molecule has 3 aliphatic heterocycles. The quantitative estimate of drug-likeness (QED) is 0.147. The van der Waals surface area contributed by atoms with Gasteiger partial charge in [-0.15, -0.1) is 6.42 Å². The standard InChI is InChI=1S/C11H16N6O.C10H12FN5.C10H14N6/c1-2-18-11-16(7-4-13)9-15(6-3-12)10-17(11)8-5-14;1-2-5-15-8-14(6-3-12)9-16(7-4-13)10(15)11;1-10-15(6-3-12)8-14(5-2-11)9-16(10)7-4-13/h11H,2,6-10H2,1H3;1,10H,5-9H2;10H,5-9H2,1H3. The maximum Gasteiger partial charge on any atom is 0.213 e. The molecule has 0 aliphatic carbocycles. The Labute approximate surface area is 294 Å². The van der Waals surface area contributed by atoms with Gasteiger partial charge >= 0.3 is 0 Å². The van der Waals surface area contributed by atoms with E-state index < -0.39 is 6.42 Å². The summed E-state index contributed by atoms with van der Waals surface area (Å²) in [6.07, 6.45) is 3.47. The van der Waals surface area contributed by atoms with Gasteiger partial charge in [-0.1, -0.05) is 5.92 Å². The van der Waals surface area contributed by atoms with Crippen LogP contribution in [0.15, 0.2) is 0 Å². The van der Waals surface area contributed by atoms with E-state index in [2.05, 4.69) is 42.3 Å². The highest BCUT2D eigenvalue weighted by Crippen LogP contribution is 2.17. The average Bonchev–Trinajstić information content (AvgIpc) is 3.08. The van der Waals surface area contributed by atoms with Crippen LogP contribution in [0.4, 0.5) is 4.39 Å².